The fraction of sp³-hybridized carbons (Fsp3) is 0.321. The lowest BCUT2D eigenvalue weighted by atomic mass is 10.1. The number of ether oxygens (including phenoxy) is 2. The molecule has 8 nitrogen and oxygen atoms in total. The molecule has 214 valence electrons. The van der Waals surface area contributed by atoms with Crippen LogP contribution < -0.4 is 4.74 Å². The third-order valence-corrected chi connectivity index (χ3v) is 7.83. The minimum Gasteiger partial charge on any atom is -0.478 e. The van der Waals surface area contributed by atoms with E-state index in [2.05, 4.69) is 14.9 Å². The summed E-state index contributed by atoms with van der Waals surface area (Å²) in [5.41, 5.74) is 1.38. The maximum atomic E-state index is 15.3. The van der Waals surface area contributed by atoms with Crippen molar-refractivity contribution in [1.82, 2.24) is 19.4 Å². The quantitative estimate of drug-likeness (QED) is 0.272. The fourth-order valence-electron chi connectivity index (χ4n) is 5.10. The Morgan fingerprint density at radius 3 is 2.59 bits per heavy atom. The summed E-state index contributed by atoms with van der Waals surface area (Å²) in [6, 6.07) is 6.46. The van der Waals surface area contributed by atoms with Crippen LogP contribution in [0.25, 0.3) is 11.0 Å². The molecule has 1 fully saturated rings. The first kappa shape index (κ1) is 27.8. The minimum atomic E-state index is -1.35. The van der Waals surface area contributed by atoms with E-state index in [0.717, 1.165) is 24.1 Å². The number of nitrogens with zero attached hydrogens (tertiary/aromatic N) is 4. The Morgan fingerprint density at radius 1 is 1.15 bits per heavy atom. The van der Waals surface area contributed by atoms with E-state index >= 15 is 4.39 Å². The normalized spacial score (nSPS) is 17.0. The Bertz CT molecular complexity index is 1660. The van der Waals surface area contributed by atoms with Crippen LogP contribution in [0.15, 0.2) is 30.3 Å². The number of aromatic carboxylic acids is 1. The van der Waals surface area contributed by atoms with Crippen molar-refractivity contribution in [2.75, 3.05) is 13.2 Å². The Morgan fingerprint density at radius 2 is 1.90 bits per heavy atom. The van der Waals surface area contributed by atoms with Crippen molar-refractivity contribution in [2.24, 2.45) is 0 Å². The highest BCUT2D eigenvalue weighted by atomic mass is 35.5. The number of carboxylic acid groups (broad SMARTS) is 1. The number of carboxylic acids is 1. The summed E-state index contributed by atoms with van der Waals surface area (Å²) < 4.78 is 56.6. The number of benzene rings is 2. The molecule has 6 rings (SSSR count). The standard InChI is InChI=1S/C28H23Cl2F3N4O4/c29-15-8-20(31)18(21(32)9-15)13-41-27-19(30)7-14-3-5-36(11-23(14)35-27)12-24-34-22-2-1-17(28(38)39)25(33)26(22)37(24)10-16-4-6-40-16/h1-2,7-9,16H,3-6,10-13H2,(H,38,39)/t16-/m0/s1. The van der Waals surface area contributed by atoms with E-state index in [-0.39, 0.29) is 33.1 Å². The van der Waals surface area contributed by atoms with Gasteiger partial charge in [0.2, 0.25) is 5.88 Å². The van der Waals surface area contributed by atoms with Gasteiger partial charge in [0, 0.05) is 24.7 Å². The van der Waals surface area contributed by atoms with Gasteiger partial charge in [-0.15, -0.1) is 0 Å². The average molecular weight is 607 g/mol. The molecule has 0 spiro atoms. The van der Waals surface area contributed by atoms with Crippen LogP contribution >= 0.6 is 23.2 Å². The SMILES string of the molecule is O=C(O)c1ccc2nc(CN3CCc4cc(Cl)c(OCc5c(F)cc(Cl)cc5F)nc4C3)n(C[C@@H]3CCO3)c2c1F. The molecule has 2 aliphatic heterocycles. The molecule has 0 saturated carbocycles. The van der Waals surface area contributed by atoms with Crippen molar-refractivity contribution in [3.8, 4) is 5.88 Å². The van der Waals surface area contributed by atoms with Gasteiger partial charge in [0.25, 0.3) is 0 Å². The number of halogens is 5. The van der Waals surface area contributed by atoms with Gasteiger partial charge in [0.15, 0.2) is 5.82 Å². The van der Waals surface area contributed by atoms with E-state index < -0.39 is 35.6 Å². The van der Waals surface area contributed by atoms with Crippen molar-refractivity contribution < 1.29 is 32.5 Å². The maximum Gasteiger partial charge on any atom is 0.338 e. The molecule has 0 bridgehead atoms. The second-order valence-corrected chi connectivity index (χ2v) is 10.8. The molecule has 2 aromatic heterocycles. The average Bonchev–Trinajstić information content (AvgIpc) is 3.23. The smallest absolute Gasteiger partial charge is 0.338 e. The third-order valence-electron chi connectivity index (χ3n) is 7.34. The minimum absolute atomic E-state index is 0.0404. The molecule has 2 aliphatic rings. The zero-order valence-corrected chi connectivity index (χ0v) is 23.0. The van der Waals surface area contributed by atoms with E-state index in [0.29, 0.717) is 56.2 Å². The second-order valence-electron chi connectivity index (χ2n) is 10.00. The Balaban J connectivity index is 1.25. The number of pyridine rings is 1. The summed E-state index contributed by atoms with van der Waals surface area (Å²) in [7, 11) is 0. The lowest BCUT2D eigenvalue weighted by Crippen LogP contribution is -2.34. The molecule has 0 aliphatic carbocycles. The van der Waals surface area contributed by atoms with Gasteiger partial charge in [-0.25, -0.2) is 27.9 Å². The molecular formula is C28H23Cl2F3N4O4. The molecule has 0 amide bonds. The van der Waals surface area contributed by atoms with Crippen LogP contribution in [-0.4, -0.2) is 49.8 Å². The van der Waals surface area contributed by atoms with Gasteiger partial charge in [0.05, 0.1) is 41.5 Å². The number of imidazole rings is 1. The number of hydrogen-bond acceptors (Lipinski definition) is 6. The van der Waals surface area contributed by atoms with Gasteiger partial charge in [0.1, 0.15) is 34.6 Å². The number of rotatable bonds is 8. The molecule has 1 saturated heterocycles. The first-order valence-corrected chi connectivity index (χ1v) is 13.6. The van der Waals surface area contributed by atoms with Gasteiger partial charge in [-0.3, -0.25) is 4.90 Å². The van der Waals surface area contributed by atoms with Crippen molar-refractivity contribution >= 4 is 40.2 Å². The van der Waals surface area contributed by atoms with E-state index in [1.165, 1.54) is 12.1 Å². The summed E-state index contributed by atoms with van der Waals surface area (Å²) in [6.07, 6.45) is 1.32. The molecule has 4 heterocycles. The molecule has 0 radical (unpaired) electrons. The van der Waals surface area contributed by atoms with Gasteiger partial charge < -0.3 is 19.1 Å². The number of fused-ring (bicyclic) bond motifs is 2. The van der Waals surface area contributed by atoms with Gasteiger partial charge >= 0.3 is 5.97 Å². The predicted molar refractivity (Wildman–Crippen MR) is 144 cm³/mol. The fourth-order valence-corrected chi connectivity index (χ4v) is 5.52. The van der Waals surface area contributed by atoms with Crippen LogP contribution in [0.1, 0.15) is 39.4 Å². The van der Waals surface area contributed by atoms with E-state index in [4.69, 9.17) is 32.7 Å². The zero-order chi connectivity index (χ0) is 28.8. The van der Waals surface area contributed by atoms with Crippen LogP contribution in [-0.2, 0) is 37.4 Å². The molecular weight excluding hydrogens is 584 g/mol. The van der Waals surface area contributed by atoms with Crippen molar-refractivity contribution in [3.05, 3.63) is 86.0 Å². The molecule has 4 aromatic rings. The Hall–Kier alpha value is -3.38. The summed E-state index contributed by atoms with van der Waals surface area (Å²) in [4.78, 5) is 22.8. The summed E-state index contributed by atoms with van der Waals surface area (Å²) in [6.45, 7) is 1.90. The van der Waals surface area contributed by atoms with E-state index in [1.807, 2.05) is 0 Å². The van der Waals surface area contributed by atoms with E-state index in [9.17, 15) is 18.7 Å². The summed E-state index contributed by atoms with van der Waals surface area (Å²) in [5.74, 6) is -3.24. The van der Waals surface area contributed by atoms with Crippen LogP contribution in [0.3, 0.4) is 0 Å². The topological polar surface area (TPSA) is 89.7 Å². The summed E-state index contributed by atoms with van der Waals surface area (Å²) in [5, 5.41) is 9.59. The molecule has 1 N–H and O–H groups in total. The molecule has 0 unspecified atom stereocenters. The molecule has 41 heavy (non-hydrogen) atoms. The molecule has 2 aromatic carbocycles. The monoisotopic (exact) mass is 606 g/mol. The lowest BCUT2D eigenvalue weighted by Gasteiger charge is -2.30. The van der Waals surface area contributed by atoms with Gasteiger partial charge in [-0.1, -0.05) is 23.2 Å². The van der Waals surface area contributed by atoms with Crippen LogP contribution in [0.2, 0.25) is 10.0 Å². The first-order chi connectivity index (χ1) is 19.7. The number of hydrogen-bond donors (Lipinski definition) is 1. The first-order valence-electron chi connectivity index (χ1n) is 12.9. The number of carbonyl (C=O) groups is 1. The van der Waals surface area contributed by atoms with Crippen LogP contribution in [0.5, 0.6) is 5.88 Å². The van der Waals surface area contributed by atoms with Crippen LogP contribution in [0, 0.1) is 17.5 Å². The zero-order valence-electron chi connectivity index (χ0n) is 21.5. The van der Waals surface area contributed by atoms with Crippen molar-refractivity contribution in [2.45, 2.75) is 45.2 Å². The molecule has 13 heteroatoms. The Labute approximate surface area is 242 Å². The largest absolute Gasteiger partial charge is 0.478 e. The Kier molecular flexibility index (Phi) is 7.54. The highest BCUT2D eigenvalue weighted by Crippen LogP contribution is 2.31. The van der Waals surface area contributed by atoms with Crippen molar-refractivity contribution in [3.63, 3.8) is 0 Å². The summed E-state index contributed by atoms with van der Waals surface area (Å²) >= 11 is 12.1. The van der Waals surface area contributed by atoms with Gasteiger partial charge in [-0.2, -0.15) is 0 Å². The lowest BCUT2D eigenvalue weighted by molar-refractivity contribution is -0.0592. The van der Waals surface area contributed by atoms with Crippen LogP contribution in [0.4, 0.5) is 13.2 Å². The highest BCUT2D eigenvalue weighted by molar-refractivity contribution is 6.32. The molecule has 1 atom stereocenters. The maximum absolute atomic E-state index is 15.3. The second kappa shape index (κ2) is 11.1. The van der Waals surface area contributed by atoms with Crippen molar-refractivity contribution in [1.29, 1.82) is 0 Å². The number of aromatic nitrogens is 3. The highest BCUT2D eigenvalue weighted by Gasteiger charge is 2.28. The predicted octanol–water partition coefficient (Wildman–Crippen LogP) is 5.78. The van der Waals surface area contributed by atoms with Gasteiger partial charge in [-0.05, 0) is 48.7 Å². The van der Waals surface area contributed by atoms with E-state index in [1.54, 1.807) is 10.6 Å². The third kappa shape index (κ3) is 5.46.